The van der Waals surface area contributed by atoms with Crippen LogP contribution in [0.15, 0.2) is 78.4 Å². The van der Waals surface area contributed by atoms with Crippen molar-refractivity contribution < 1.29 is 28.6 Å². The van der Waals surface area contributed by atoms with Crippen molar-refractivity contribution >= 4 is 29.1 Å². The average Bonchev–Trinajstić information content (AvgIpc) is 3.10. The molecule has 3 aromatic carbocycles. The van der Waals surface area contributed by atoms with Crippen LogP contribution in [0.3, 0.4) is 0 Å². The van der Waals surface area contributed by atoms with Crippen molar-refractivity contribution in [3.05, 3.63) is 106 Å². The Hall–Kier alpha value is -4.26. The van der Waals surface area contributed by atoms with Gasteiger partial charge in [0.05, 0.1) is 23.8 Å². The molecule has 0 aliphatic carbocycles. The van der Waals surface area contributed by atoms with E-state index in [1.807, 2.05) is 19.1 Å². The molecule has 1 aliphatic heterocycles. The van der Waals surface area contributed by atoms with Gasteiger partial charge in [-0.05, 0) is 67.4 Å². The summed E-state index contributed by atoms with van der Waals surface area (Å²) in [6.45, 7) is 3.71. The van der Waals surface area contributed by atoms with Gasteiger partial charge in [-0.2, -0.15) is 0 Å². The molecule has 1 N–H and O–H groups in total. The van der Waals surface area contributed by atoms with Crippen molar-refractivity contribution in [1.29, 1.82) is 0 Å². The van der Waals surface area contributed by atoms with E-state index in [0.29, 0.717) is 11.3 Å². The highest BCUT2D eigenvalue weighted by Crippen LogP contribution is 2.43. The molecule has 1 saturated heterocycles. The molecule has 0 radical (unpaired) electrons. The topological polar surface area (TPSA) is 83.9 Å². The molecular weight excluding hydrogens is 437 g/mol. The number of halogens is 1. The van der Waals surface area contributed by atoms with Crippen LogP contribution < -0.4 is 4.90 Å². The maximum Gasteiger partial charge on any atom is 0.338 e. The Balaban J connectivity index is 1.93. The number of amides is 1. The maximum absolute atomic E-state index is 13.4. The monoisotopic (exact) mass is 459 g/mol. The van der Waals surface area contributed by atoms with Gasteiger partial charge in [-0.15, -0.1) is 0 Å². The highest BCUT2D eigenvalue weighted by molar-refractivity contribution is 6.51. The Morgan fingerprint density at radius 3 is 2.38 bits per heavy atom. The lowest BCUT2D eigenvalue weighted by Gasteiger charge is -2.27. The normalized spacial score (nSPS) is 17.1. The van der Waals surface area contributed by atoms with Gasteiger partial charge in [0.1, 0.15) is 11.6 Å². The Kier molecular flexibility index (Phi) is 6.27. The van der Waals surface area contributed by atoms with Crippen LogP contribution in [0, 0.1) is 12.7 Å². The molecule has 1 amide bonds. The number of aliphatic hydroxyl groups excluding tert-OH is 1. The van der Waals surface area contributed by atoms with E-state index >= 15 is 0 Å². The van der Waals surface area contributed by atoms with Crippen molar-refractivity contribution in [2.45, 2.75) is 19.9 Å². The van der Waals surface area contributed by atoms with Gasteiger partial charge in [-0.3, -0.25) is 14.5 Å². The molecule has 34 heavy (non-hydrogen) atoms. The highest BCUT2D eigenvalue weighted by atomic mass is 19.1. The highest BCUT2D eigenvalue weighted by Gasteiger charge is 2.47. The Morgan fingerprint density at radius 2 is 1.71 bits per heavy atom. The molecule has 0 spiro atoms. The van der Waals surface area contributed by atoms with E-state index in [1.165, 1.54) is 23.1 Å². The van der Waals surface area contributed by atoms with Gasteiger partial charge in [-0.25, -0.2) is 9.18 Å². The zero-order chi connectivity index (χ0) is 24.4. The lowest BCUT2D eigenvalue weighted by Crippen LogP contribution is -2.30. The van der Waals surface area contributed by atoms with Crippen molar-refractivity contribution in [1.82, 2.24) is 0 Å². The smallest absolute Gasteiger partial charge is 0.338 e. The summed E-state index contributed by atoms with van der Waals surface area (Å²) in [6.07, 6.45) is 0. The van der Waals surface area contributed by atoms with Crippen LogP contribution in [0.4, 0.5) is 10.1 Å². The summed E-state index contributed by atoms with van der Waals surface area (Å²) in [5.74, 6) is -3.19. The third-order valence-corrected chi connectivity index (χ3v) is 5.68. The maximum atomic E-state index is 13.4. The number of ether oxygens (including phenoxy) is 1. The average molecular weight is 459 g/mol. The fourth-order valence-corrected chi connectivity index (χ4v) is 4.05. The Morgan fingerprint density at radius 1 is 1.00 bits per heavy atom. The minimum Gasteiger partial charge on any atom is -0.507 e. The van der Waals surface area contributed by atoms with E-state index < -0.39 is 35.3 Å². The zero-order valence-electron chi connectivity index (χ0n) is 18.6. The molecule has 4 rings (SSSR count). The summed E-state index contributed by atoms with van der Waals surface area (Å²) >= 11 is 0. The molecule has 3 aromatic rings. The number of hydrogen-bond donors (Lipinski definition) is 1. The summed E-state index contributed by atoms with van der Waals surface area (Å²) in [7, 11) is 0. The molecule has 172 valence electrons. The largest absolute Gasteiger partial charge is 0.507 e. The number of Topliss-reactive ketones (excluding diaryl/α,β-unsaturated/α-hetero) is 1. The minimum absolute atomic E-state index is 0.118. The van der Waals surface area contributed by atoms with Crippen LogP contribution >= 0.6 is 0 Å². The number of ketones is 1. The molecule has 1 atom stereocenters. The number of nitrogens with zero attached hydrogens (tertiary/aromatic N) is 1. The molecule has 0 saturated carbocycles. The van der Waals surface area contributed by atoms with E-state index in [2.05, 4.69) is 0 Å². The van der Waals surface area contributed by atoms with Crippen molar-refractivity contribution in [2.75, 3.05) is 11.5 Å². The van der Waals surface area contributed by atoms with Gasteiger partial charge < -0.3 is 9.84 Å². The van der Waals surface area contributed by atoms with Crippen LogP contribution in [0.2, 0.25) is 0 Å². The van der Waals surface area contributed by atoms with E-state index in [9.17, 15) is 23.9 Å². The van der Waals surface area contributed by atoms with E-state index in [0.717, 1.165) is 17.7 Å². The number of anilines is 1. The molecule has 0 aromatic heterocycles. The van der Waals surface area contributed by atoms with Crippen molar-refractivity contribution in [2.24, 2.45) is 0 Å². The second kappa shape index (κ2) is 9.31. The third kappa shape index (κ3) is 4.08. The van der Waals surface area contributed by atoms with Crippen LogP contribution in [0.1, 0.15) is 40.0 Å². The van der Waals surface area contributed by atoms with Gasteiger partial charge >= 0.3 is 5.97 Å². The number of rotatable bonds is 5. The SMILES string of the molecule is CCOC(=O)c1cccc(N2C(=O)C(=O)/C(=C(/O)c3ccc(F)cc3)C2c2ccccc2C)c1. The van der Waals surface area contributed by atoms with Gasteiger partial charge in [0.2, 0.25) is 0 Å². The fraction of sp³-hybridized carbons (Fsp3) is 0.148. The first-order chi connectivity index (χ1) is 16.3. The van der Waals surface area contributed by atoms with Crippen LogP contribution in [0.5, 0.6) is 0 Å². The molecule has 1 fully saturated rings. The van der Waals surface area contributed by atoms with Crippen LogP contribution in [0.25, 0.3) is 5.76 Å². The quantitative estimate of drug-likeness (QED) is 0.253. The number of benzene rings is 3. The molecule has 0 bridgehead atoms. The molecule has 1 heterocycles. The number of hydrogen-bond acceptors (Lipinski definition) is 5. The van der Waals surface area contributed by atoms with E-state index in [4.69, 9.17) is 4.74 Å². The fourth-order valence-electron chi connectivity index (χ4n) is 4.05. The van der Waals surface area contributed by atoms with Crippen molar-refractivity contribution in [3.8, 4) is 0 Å². The predicted molar refractivity (Wildman–Crippen MR) is 125 cm³/mol. The molecule has 1 unspecified atom stereocenters. The lowest BCUT2D eigenvalue weighted by molar-refractivity contribution is -0.132. The standard InChI is InChI=1S/C27H22FNO5/c1-3-34-27(33)18-8-6-9-20(15-18)29-23(21-10-5-4-7-16(21)2)22(25(31)26(29)32)24(30)17-11-13-19(28)14-12-17/h4-15,23,30H,3H2,1-2H3/b24-22+. The number of carbonyl (C=O) groups excluding carboxylic acids is 3. The molecule has 1 aliphatic rings. The van der Waals surface area contributed by atoms with Gasteiger partial charge in [-0.1, -0.05) is 30.3 Å². The first kappa shape index (κ1) is 22.9. The minimum atomic E-state index is -0.955. The number of aliphatic hydroxyl groups is 1. The van der Waals surface area contributed by atoms with Gasteiger partial charge in [0.15, 0.2) is 0 Å². The molecule has 7 heteroatoms. The van der Waals surface area contributed by atoms with Crippen LogP contribution in [-0.2, 0) is 14.3 Å². The number of aryl methyl sites for hydroxylation is 1. The summed E-state index contributed by atoms with van der Waals surface area (Å²) in [4.78, 5) is 40.0. The summed E-state index contributed by atoms with van der Waals surface area (Å²) in [6, 6.07) is 17.5. The van der Waals surface area contributed by atoms with Gasteiger partial charge in [0.25, 0.3) is 11.7 Å². The summed E-state index contributed by atoms with van der Waals surface area (Å²) < 4.78 is 18.5. The number of esters is 1. The van der Waals surface area contributed by atoms with E-state index in [1.54, 1.807) is 37.3 Å². The first-order valence-electron chi connectivity index (χ1n) is 10.7. The lowest BCUT2D eigenvalue weighted by atomic mass is 9.92. The summed E-state index contributed by atoms with van der Waals surface area (Å²) in [5.41, 5.74) is 2.05. The van der Waals surface area contributed by atoms with Crippen LogP contribution in [-0.4, -0.2) is 29.4 Å². The third-order valence-electron chi connectivity index (χ3n) is 5.68. The Bertz CT molecular complexity index is 1310. The second-order valence-corrected chi connectivity index (χ2v) is 7.80. The molecule has 6 nitrogen and oxygen atoms in total. The van der Waals surface area contributed by atoms with Crippen molar-refractivity contribution in [3.63, 3.8) is 0 Å². The zero-order valence-corrected chi connectivity index (χ0v) is 18.6. The van der Waals surface area contributed by atoms with Gasteiger partial charge in [0, 0.05) is 11.3 Å². The Labute approximate surface area is 195 Å². The first-order valence-corrected chi connectivity index (χ1v) is 10.7. The number of carbonyl (C=O) groups is 3. The molecular formula is C27H22FNO5. The predicted octanol–water partition coefficient (Wildman–Crippen LogP) is 4.94. The van der Waals surface area contributed by atoms with E-state index in [-0.39, 0.29) is 23.3 Å². The summed E-state index contributed by atoms with van der Waals surface area (Å²) in [5, 5.41) is 11.1. The second-order valence-electron chi connectivity index (χ2n) is 7.80.